The Morgan fingerprint density at radius 1 is 1.47 bits per heavy atom. The zero-order valence-electron chi connectivity index (χ0n) is 8.15. The highest BCUT2D eigenvalue weighted by Gasteiger charge is 2.21. The monoisotopic (exact) mass is 222 g/mol. The van der Waals surface area contributed by atoms with Crippen molar-refractivity contribution in [3.63, 3.8) is 0 Å². The van der Waals surface area contributed by atoms with Gasteiger partial charge in [0.15, 0.2) is 0 Å². The van der Waals surface area contributed by atoms with E-state index in [1.807, 2.05) is 18.2 Å². The van der Waals surface area contributed by atoms with Gasteiger partial charge in [0.2, 0.25) is 0 Å². The van der Waals surface area contributed by atoms with Crippen molar-refractivity contribution in [1.82, 2.24) is 9.55 Å². The highest BCUT2D eigenvalue weighted by molar-refractivity contribution is 6.31. The summed E-state index contributed by atoms with van der Waals surface area (Å²) in [4.78, 5) is 4.43. The molecule has 0 aliphatic carbocycles. The van der Waals surface area contributed by atoms with Gasteiger partial charge in [-0.25, -0.2) is 4.98 Å². The second-order valence-corrected chi connectivity index (χ2v) is 4.35. The van der Waals surface area contributed by atoms with Crippen LogP contribution in [0.1, 0.15) is 24.8 Å². The van der Waals surface area contributed by atoms with Crippen LogP contribution in [0.3, 0.4) is 0 Å². The first kappa shape index (κ1) is 9.19. The summed E-state index contributed by atoms with van der Waals surface area (Å²) in [6, 6.07) is 5.64. The van der Waals surface area contributed by atoms with Gasteiger partial charge in [-0.05, 0) is 31.0 Å². The smallest absolute Gasteiger partial charge is 0.138 e. The molecule has 1 unspecified atom stereocenters. The molecular formula is C11H11ClN2O. The summed E-state index contributed by atoms with van der Waals surface area (Å²) in [5.74, 6) is 0.776. The molecule has 1 aromatic carbocycles. The Hall–Kier alpha value is -1.06. The number of hydrogen-bond acceptors (Lipinski definition) is 2. The van der Waals surface area contributed by atoms with E-state index in [0.717, 1.165) is 36.2 Å². The van der Waals surface area contributed by atoms with Crippen LogP contribution in [0.15, 0.2) is 18.2 Å². The van der Waals surface area contributed by atoms with Crippen LogP contribution < -0.4 is 0 Å². The molecule has 3 rings (SSSR count). The first-order valence-corrected chi connectivity index (χ1v) is 5.47. The molecular weight excluding hydrogens is 212 g/mol. The Morgan fingerprint density at radius 3 is 3.20 bits per heavy atom. The van der Waals surface area contributed by atoms with E-state index in [1.165, 1.54) is 0 Å². The number of halogens is 1. The van der Waals surface area contributed by atoms with E-state index in [9.17, 15) is 5.11 Å². The summed E-state index contributed by atoms with van der Waals surface area (Å²) in [5.41, 5.74) is 1.94. The molecule has 0 amide bonds. The minimum Gasteiger partial charge on any atom is -0.385 e. The Kier molecular flexibility index (Phi) is 1.97. The molecule has 0 bridgehead atoms. The summed E-state index contributed by atoms with van der Waals surface area (Å²) in [5, 5.41) is 10.5. The molecule has 15 heavy (non-hydrogen) atoms. The Bertz CT molecular complexity index is 521. The average Bonchev–Trinajstić information content (AvgIpc) is 2.58. The van der Waals surface area contributed by atoms with Crippen LogP contribution in [0, 0.1) is 0 Å². The van der Waals surface area contributed by atoms with Gasteiger partial charge in [-0.15, -0.1) is 0 Å². The van der Waals surface area contributed by atoms with Crippen LogP contribution in [0.2, 0.25) is 5.02 Å². The Morgan fingerprint density at radius 2 is 2.33 bits per heavy atom. The number of fused-ring (bicyclic) bond motifs is 3. The van der Waals surface area contributed by atoms with E-state index < -0.39 is 6.10 Å². The fourth-order valence-electron chi connectivity index (χ4n) is 2.18. The molecule has 0 fully saturated rings. The fourth-order valence-corrected chi connectivity index (χ4v) is 2.34. The predicted octanol–water partition coefficient (Wildman–Crippen LogP) is 2.52. The van der Waals surface area contributed by atoms with Gasteiger partial charge in [-0.1, -0.05) is 11.6 Å². The molecule has 1 N–H and O–H groups in total. The second-order valence-electron chi connectivity index (χ2n) is 3.91. The molecule has 1 aliphatic rings. The summed E-state index contributed by atoms with van der Waals surface area (Å²) in [6.45, 7) is 0.920. The van der Waals surface area contributed by atoms with Crippen molar-refractivity contribution >= 4 is 22.6 Å². The summed E-state index contributed by atoms with van der Waals surface area (Å²) < 4.78 is 2.06. The van der Waals surface area contributed by atoms with Crippen LogP contribution in [0.5, 0.6) is 0 Å². The molecule has 1 aliphatic heterocycles. The van der Waals surface area contributed by atoms with Gasteiger partial charge in [0.25, 0.3) is 0 Å². The molecule has 3 nitrogen and oxygen atoms in total. The average molecular weight is 223 g/mol. The third-order valence-electron chi connectivity index (χ3n) is 2.90. The van der Waals surface area contributed by atoms with Crippen molar-refractivity contribution in [1.29, 1.82) is 0 Å². The zero-order valence-corrected chi connectivity index (χ0v) is 8.91. The largest absolute Gasteiger partial charge is 0.385 e. The SMILES string of the molecule is OC1CCCn2c1nc1ccc(Cl)cc12. The van der Waals surface area contributed by atoms with Crippen molar-refractivity contribution in [2.75, 3.05) is 0 Å². The minimum absolute atomic E-state index is 0.426. The van der Waals surface area contributed by atoms with Gasteiger partial charge in [0.1, 0.15) is 11.9 Å². The quantitative estimate of drug-likeness (QED) is 0.744. The van der Waals surface area contributed by atoms with Crippen LogP contribution in [-0.4, -0.2) is 14.7 Å². The maximum absolute atomic E-state index is 9.82. The second kappa shape index (κ2) is 3.22. The Labute approximate surface area is 92.3 Å². The molecule has 2 heterocycles. The topological polar surface area (TPSA) is 38.0 Å². The van der Waals surface area contributed by atoms with E-state index >= 15 is 0 Å². The standard InChI is InChI=1S/C11H11ClN2O/c12-7-3-4-8-9(6-7)14-5-1-2-10(15)11(14)13-8/h3-4,6,10,15H,1-2,5H2. The van der Waals surface area contributed by atoms with E-state index in [4.69, 9.17) is 11.6 Å². The summed E-state index contributed by atoms with van der Waals surface area (Å²) >= 11 is 5.95. The molecule has 0 saturated carbocycles. The predicted molar refractivity (Wildman–Crippen MR) is 58.9 cm³/mol. The van der Waals surface area contributed by atoms with E-state index in [0.29, 0.717) is 5.02 Å². The van der Waals surface area contributed by atoms with Crippen LogP contribution >= 0.6 is 11.6 Å². The number of aliphatic hydroxyl groups excluding tert-OH is 1. The maximum Gasteiger partial charge on any atom is 0.138 e. The number of hydrogen-bond donors (Lipinski definition) is 1. The number of aromatic nitrogens is 2. The number of imidazole rings is 1. The number of rotatable bonds is 0. The van der Waals surface area contributed by atoms with Gasteiger partial charge in [-0.3, -0.25) is 0 Å². The highest BCUT2D eigenvalue weighted by atomic mass is 35.5. The minimum atomic E-state index is -0.426. The molecule has 1 atom stereocenters. The van der Waals surface area contributed by atoms with Crippen LogP contribution in [0.4, 0.5) is 0 Å². The molecule has 0 saturated heterocycles. The number of aliphatic hydroxyl groups is 1. The molecule has 78 valence electrons. The van der Waals surface area contributed by atoms with Crippen LogP contribution in [0.25, 0.3) is 11.0 Å². The lowest BCUT2D eigenvalue weighted by atomic mass is 10.1. The summed E-state index contributed by atoms with van der Waals surface area (Å²) in [7, 11) is 0. The van der Waals surface area contributed by atoms with Gasteiger partial charge in [-0.2, -0.15) is 0 Å². The van der Waals surface area contributed by atoms with Crippen molar-refractivity contribution in [2.45, 2.75) is 25.5 Å². The maximum atomic E-state index is 9.82. The molecule has 1 aromatic heterocycles. The fraction of sp³-hybridized carbons (Fsp3) is 0.364. The highest BCUT2D eigenvalue weighted by Crippen LogP contribution is 2.29. The molecule has 4 heteroatoms. The van der Waals surface area contributed by atoms with Crippen molar-refractivity contribution in [3.05, 3.63) is 29.0 Å². The van der Waals surface area contributed by atoms with Gasteiger partial charge >= 0.3 is 0 Å². The van der Waals surface area contributed by atoms with Crippen molar-refractivity contribution in [3.8, 4) is 0 Å². The van der Waals surface area contributed by atoms with E-state index in [2.05, 4.69) is 9.55 Å². The van der Waals surface area contributed by atoms with Crippen molar-refractivity contribution in [2.24, 2.45) is 0 Å². The number of nitrogens with zero attached hydrogens (tertiary/aromatic N) is 2. The molecule has 2 aromatic rings. The van der Waals surface area contributed by atoms with Gasteiger partial charge < -0.3 is 9.67 Å². The first-order valence-electron chi connectivity index (χ1n) is 5.09. The van der Waals surface area contributed by atoms with Gasteiger partial charge in [0.05, 0.1) is 11.0 Å². The molecule has 0 radical (unpaired) electrons. The molecule has 0 spiro atoms. The number of aryl methyl sites for hydroxylation is 1. The summed E-state index contributed by atoms with van der Waals surface area (Å²) in [6.07, 6.45) is 1.37. The third-order valence-corrected chi connectivity index (χ3v) is 3.13. The Balaban J connectivity index is 2.31. The lowest BCUT2D eigenvalue weighted by Crippen LogP contribution is -2.15. The van der Waals surface area contributed by atoms with E-state index in [1.54, 1.807) is 0 Å². The van der Waals surface area contributed by atoms with Gasteiger partial charge in [0, 0.05) is 11.6 Å². The lowest BCUT2D eigenvalue weighted by molar-refractivity contribution is 0.135. The van der Waals surface area contributed by atoms with Crippen molar-refractivity contribution < 1.29 is 5.11 Å². The third kappa shape index (κ3) is 1.34. The zero-order chi connectivity index (χ0) is 10.4. The van der Waals surface area contributed by atoms with E-state index in [-0.39, 0.29) is 0 Å². The van der Waals surface area contributed by atoms with Crippen LogP contribution in [-0.2, 0) is 6.54 Å². The first-order chi connectivity index (χ1) is 7.25. The normalized spacial score (nSPS) is 20.5. The number of benzene rings is 1. The lowest BCUT2D eigenvalue weighted by Gasteiger charge is -2.19.